The van der Waals surface area contributed by atoms with E-state index in [0.29, 0.717) is 0 Å². The molecule has 0 spiro atoms. The average Bonchev–Trinajstić information content (AvgIpc) is 2.49. The third kappa shape index (κ3) is 1.38. The molecule has 0 unspecified atom stereocenters. The van der Waals surface area contributed by atoms with Crippen molar-refractivity contribution in [3.63, 3.8) is 0 Å². The minimum Gasteiger partial charge on any atom is -0.266 e. The van der Waals surface area contributed by atoms with Gasteiger partial charge in [-0.05, 0) is 28.1 Å². The molecule has 2 aromatic rings. The van der Waals surface area contributed by atoms with Gasteiger partial charge >= 0.3 is 0 Å². The second-order valence-corrected chi connectivity index (χ2v) is 4.81. The molecule has 0 atom stereocenters. The summed E-state index contributed by atoms with van der Waals surface area (Å²) in [6, 6.07) is 4.00. The van der Waals surface area contributed by atoms with Crippen LogP contribution in [0.5, 0.6) is 0 Å². The fourth-order valence-electron chi connectivity index (χ4n) is 1.04. The lowest BCUT2D eigenvalue weighted by Gasteiger charge is -1.96. The van der Waals surface area contributed by atoms with Crippen molar-refractivity contribution in [3.05, 3.63) is 29.0 Å². The Morgan fingerprint density at radius 3 is 3.08 bits per heavy atom. The van der Waals surface area contributed by atoms with Crippen molar-refractivity contribution < 1.29 is 0 Å². The van der Waals surface area contributed by atoms with E-state index in [9.17, 15) is 0 Å². The fourth-order valence-corrected chi connectivity index (χ4v) is 2.74. The average molecular weight is 355 g/mol. The number of rotatable bonds is 1. The van der Waals surface area contributed by atoms with Gasteiger partial charge in [0.25, 0.3) is 0 Å². The predicted octanol–water partition coefficient (Wildman–Crippen LogP) is 3.65. The minimum atomic E-state index is 1.00. The second-order valence-electron chi connectivity index (χ2n) is 2.24. The molecule has 0 bridgehead atoms. The Kier molecular flexibility index (Phi) is 2.61. The van der Waals surface area contributed by atoms with Crippen molar-refractivity contribution in [1.29, 1.82) is 0 Å². The normalized spacial score (nSPS) is 10.8. The van der Waals surface area contributed by atoms with E-state index in [2.05, 4.69) is 48.2 Å². The van der Waals surface area contributed by atoms with Gasteiger partial charge in [0.15, 0.2) is 5.65 Å². The summed E-state index contributed by atoms with van der Waals surface area (Å²) in [5.74, 6) is 0. The van der Waals surface area contributed by atoms with Gasteiger partial charge < -0.3 is 0 Å². The first-order valence-electron chi connectivity index (χ1n) is 3.23. The molecule has 2 heterocycles. The summed E-state index contributed by atoms with van der Waals surface area (Å²) in [6.45, 7) is 0. The minimum absolute atomic E-state index is 1.00. The van der Waals surface area contributed by atoms with Gasteiger partial charge in [-0.3, -0.25) is 3.97 Å². The Balaban J connectivity index is 2.80. The van der Waals surface area contributed by atoms with Crippen LogP contribution in [0.2, 0.25) is 0 Å². The van der Waals surface area contributed by atoms with Gasteiger partial charge in [0, 0.05) is 52.6 Å². The SMILES string of the molecule is Brc1ccnc2c1ccn2SI. The van der Waals surface area contributed by atoms with Crippen LogP contribution >= 0.6 is 46.3 Å². The molecule has 0 aliphatic heterocycles. The Labute approximate surface area is 94.6 Å². The molecule has 0 N–H and O–H groups in total. The van der Waals surface area contributed by atoms with Crippen LogP contribution in [0.4, 0.5) is 0 Å². The Bertz CT molecular complexity index is 415. The van der Waals surface area contributed by atoms with E-state index in [0.717, 1.165) is 15.5 Å². The molecular formula is C7H4BrIN2S. The van der Waals surface area contributed by atoms with Crippen molar-refractivity contribution in [2.24, 2.45) is 0 Å². The highest BCUT2D eigenvalue weighted by Gasteiger charge is 2.03. The Morgan fingerprint density at radius 1 is 1.50 bits per heavy atom. The zero-order chi connectivity index (χ0) is 8.55. The second kappa shape index (κ2) is 3.55. The summed E-state index contributed by atoms with van der Waals surface area (Å²) in [5.41, 5.74) is 1.00. The highest BCUT2D eigenvalue weighted by molar-refractivity contribution is 14.2. The van der Waals surface area contributed by atoms with Gasteiger partial charge in [-0.1, -0.05) is 0 Å². The lowest BCUT2D eigenvalue weighted by molar-refractivity contribution is 1.27. The van der Waals surface area contributed by atoms with Crippen molar-refractivity contribution in [2.45, 2.75) is 0 Å². The maximum absolute atomic E-state index is 4.28. The summed E-state index contributed by atoms with van der Waals surface area (Å²) in [4.78, 5) is 4.28. The molecule has 0 saturated heterocycles. The molecule has 0 saturated carbocycles. The molecule has 0 aromatic carbocycles. The zero-order valence-electron chi connectivity index (χ0n) is 5.87. The largest absolute Gasteiger partial charge is 0.266 e. The van der Waals surface area contributed by atoms with Crippen LogP contribution < -0.4 is 0 Å². The van der Waals surface area contributed by atoms with Gasteiger partial charge in [-0.25, -0.2) is 4.98 Å². The molecule has 62 valence electrons. The van der Waals surface area contributed by atoms with E-state index in [-0.39, 0.29) is 0 Å². The molecular weight excluding hydrogens is 351 g/mol. The lowest BCUT2D eigenvalue weighted by Crippen LogP contribution is -1.82. The number of hydrogen-bond acceptors (Lipinski definition) is 2. The first-order chi connectivity index (χ1) is 5.83. The third-order valence-electron chi connectivity index (χ3n) is 1.58. The van der Waals surface area contributed by atoms with Crippen LogP contribution in [0.3, 0.4) is 0 Å². The number of fused-ring (bicyclic) bond motifs is 1. The van der Waals surface area contributed by atoms with Crippen molar-refractivity contribution in [3.8, 4) is 0 Å². The first kappa shape index (κ1) is 8.83. The lowest BCUT2D eigenvalue weighted by atomic mass is 10.3. The topological polar surface area (TPSA) is 17.8 Å². The molecule has 0 aliphatic carbocycles. The van der Waals surface area contributed by atoms with Gasteiger partial charge in [-0.15, -0.1) is 0 Å². The maximum atomic E-state index is 4.28. The van der Waals surface area contributed by atoms with Gasteiger partial charge in [-0.2, -0.15) is 0 Å². The summed E-state index contributed by atoms with van der Waals surface area (Å²) >= 11 is 5.71. The number of nitrogens with zero attached hydrogens (tertiary/aromatic N) is 2. The standard InChI is InChI=1S/C7H4BrIN2S/c8-6-1-3-10-7-5(6)2-4-11(7)12-9/h1-4H. The van der Waals surface area contributed by atoms with Gasteiger partial charge in [0.2, 0.25) is 0 Å². The Morgan fingerprint density at radius 2 is 2.33 bits per heavy atom. The van der Waals surface area contributed by atoms with Crippen LogP contribution in [0.1, 0.15) is 0 Å². The van der Waals surface area contributed by atoms with Gasteiger partial charge in [0.05, 0.1) is 0 Å². The van der Waals surface area contributed by atoms with E-state index in [1.807, 2.05) is 16.2 Å². The highest BCUT2D eigenvalue weighted by atomic mass is 127. The Hall–Kier alpha value is 0.250. The highest BCUT2D eigenvalue weighted by Crippen LogP contribution is 2.27. The van der Waals surface area contributed by atoms with Crippen molar-refractivity contribution in [1.82, 2.24) is 8.96 Å². The monoisotopic (exact) mass is 354 g/mol. The molecule has 0 radical (unpaired) electrons. The van der Waals surface area contributed by atoms with Crippen molar-refractivity contribution in [2.75, 3.05) is 0 Å². The van der Waals surface area contributed by atoms with Crippen LogP contribution in [0.15, 0.2) is 29.0 Å². The molecule has 0 aliphatic rings. The molecule has 12 heavy (non-hydrogen) atoms. The number of aromatic nitrogens is 2. The fraction of sp³-hybridized carbons (Fsp3) is 0. The molecule has 0 fully saturated rings. The zero-order valence-corrected chi connectivity index (χ0v) is 10.4. The summed E-state index contributed by atoms with van der Waals surface area (Å²) in [5, 5.41) is 1.15. The molecule has 2 nitrogen and oxygen atoms in total. The van der Waals surface area contributed by atoms with Gasteiger partial charge in [0.1, 0.15) is 0 Å². The van der Waals surface area contributed by atoms with E-state index in [1.165, 1.54) is 0 Å². The number of hydrogen-bond donors (Lipinski definition) is 0. The van der Waals surface area contributed by atoms with E-state index < -0.39 is 0 Å². The van der Waals surface area contributed by atoms with Crippen LogP contribution in [0, 0.1) is 0 Å². The molecule has 2 rings (SSSR count). The molecule has 5 heteroatoms. The predicted molar refractivity (Wildman–Crippen MR) is 64.4 cm³/mol. The summed E-state index contributed by atoms with van der Waals surface area (Å²) < 4.78 is 3.12. The van der Waals surface area contributed by atoms with Crippen LogP contribution in [-0.4, -0.2) is 8.96 Å². The number of halogens is 2. The molecule has 0 amide bonds. The first-order valence-corrected chi connectivity index (χ1v) is 7.34. The van der Waals surface area contributed by atoms with E-state index in [1.54, 1.807) is 15.3 Å². The third-order valence-corrected chi connectivity index (χ3v) is 3.98. The summed E-state index contributed by atoms with van der Waals surface area (Å²) in [6.07, 6.45) is 3.81. The maximum Gasteiger partial charge on any atom is 0.151 e. The van der Waals surface area contributed by atoms with Crippen LogP contribution in [-0.2, 0) is 0 Å². The molecule has 2 aromatic heterocycles. The smallest absolute Gasteiger partial charge is 0.151 e. The quantitative estimate of drug-likeness (QED) is 0.727. The van der Waals surface area contributed by atoms with Crippen LogP contribution in [0.25, 0.3) is 11.0 Å². The van der Waals surface area contributed by atoms with Crippen molar-refractivity contribution >= 4 is 57.3 Å². The van der Waals surface area contributed by atoms with E-state index >= 15 is 0 Å². The number of pyridine rings is 1. The van der Waals surface area contributed by atoms with E-state index in [4.69, 9.17) is 0 Å². The summed E-state index contributed by atoms with van der Waals surface area (Å²) in [7, 11) is 1.62.